The van der Waals surface area contributed by atoms with Crippen molar-refractivity contribution < 1.29 is 0 Å². The second-order valence-corrected chi connectivity index (χ2v) is 4.66. The summed E-state index contributed by atoms with van der Waals surface area (Å²) in [4.78, 5) is 0. The second-order valence-electron chi connectivity index (χ2n) is 4.66. The molecule has 0 amide bonds. The van der Waals surface area contributed by atoms with Crippen LogP contribution >= 0.6 is 0 Å². The van der Waals surface area contributed by atoms with Crippen LogP contribution in [0.5, 0.6) is 0 Å². The Bertz CT molecular complexity index is 557. The predicted octanol–water partition coefficient (Wildman–Crippen LogP) is 1.90. The molecule has 1 atom stereocenters. The van der Waals surface area contributed by atoms with Gasteiger partial charge in [0.15, 0.2) is 0 Å². The highest BCUT2D eigenvalue weighted by Gasteiger charge is 2.21. The topological polar surface area (TPSA) is 55.9 Å². The average molecular weight is 244 g/mol. The number of hydrogen-bond acceptors (Lipinski definition) is 3. The number of hydrazine groups is 1. The van der Waals surface area contributed by atoms with Crippen LogP contribution in [0.4, 0.5) is 0 Å². The van der Waals surface area contributed by atoms with E-state index in [2.05, 4.69) is 36.5 Å². The van der Waals surface area contributed by atoms with E-state index in [1.165, 1.54) is 11.1 Å². The molecule has 0 saturated heterocycles. The molecular formula is C14H20N4. The van der Waals surface area contributed by atoms with Crippen LogP contribution in [0.1, 0.15) is 34.1 Å². The average Bonchev–Trinajstić information content (AvgIpc) is 2.59. The fourth-order valence-corrected chi connectivity index (χ4v) is 2.45. The Labute approximate surface area is 108 Å². The zero-order valence-electron chi connectivity index (χ0n) is 11.4. The maximum atomic E-state index is 5.77. The molecule has 3 N–H and O–H groups in total. The third-order valence-corrected chi connectivity index (χ3v) is 3.52. The van der Waals surface area contributed by atoms with Gasteiger partial charge in [0.25, 0.3) is 0 Å². The fourth-order valence-electron chi connectivity index (χ4n) is 2.45. The third-order valence-electron chi connectivity index (χ3n) is 3.52. The van der Waals surface area contributed by atoms with E-state index in [1.807, 2.05) is 30.8 Å². The van der Waals surface area contributed by atoms with Crippen LogP contribution in [0, 0.1) is 20.8 Å². The summed E-state index contributed by atoms with van der Waals surface area (Å²) in [5.41, 5.74) is 8.65. The molecule has 0 aliphatic carbocycles. The van der Waals surface area contributed by atoms with Crippen LogP contribution < -0.4 is 11.3 Å². The molecule has 0 saturated carbocycles. The lowest BCUT2D eigenvalue weighted by molar-refractivity contribution is 0.625. The number of hydrogen-bond donors (Lipinski definition) is 2. The fraction of sp³-hybridized carbons (Fsp3) is 0.357. The molecule has 2 rings (SSSR count). The van der Waals surface area contributed by atoms with E-state index in [9.17, 15) is 0 Å². The van der Waals surface area contributed by atoms with Gasteiger partial charge in [-0.25, -0.2) is 5.43 Å². The minimum Gasteiger partial charge on any atom is -0.272 e. The van der Waals surface area contributed by atoms with Crippen molar-refractivity contribution in [1.82, 2.24) is 15.2 Å². The molecule has 1 unspecified atom stereocenters. The highest BCUT2D eigenvalue weighted by atomic mass is 15.3. The molecule has 1 aromatic heterocycles. The van der Waals surface area contributed by atoms with E-state index in [4.69, 9.17) is 5.84 Å². The van der Waals surface area contributed by atoms with Crippen molar-refractivity contribution in [2.45, 2.75) is 26.8 Å². The summed E-state index contributed by atoms with van der Waals surface area (Å²) in [6.07, 6.45) is 0. The van der Waals surface area contributed by atoms with Gasteiger partial charge in [-0.1, -0.05) is 24.3 Å². The largest absolute Gasteiger partial charge is 0.272 e. The molecule has 1 aromatic carbocycles. The first-order valence-electron chi connectivity index (χ1n) is 6.08. The molecule has 0 radical (unpaired) electrons. The Morgan fingerprint density at radius 1 is 1.22 bits per heavy atom. The minimum atomic E-state index is -0.0140. The van der Waals surface area contributed by atoms with E-state index < -0.39 is 0 Å². The Hall–Kier alpha value is -1.65. The van der Waals surface area contributed by atoms with E-state index >= 15 is 0 Å². The Kier molecular flexibility index (Phi) is 3.50. The van der Waals surface area contributed by atoms with E-state index in [0.29, 0.717) is 0 Å². The van der Waals surface area contributed by atoms with Gasteiger partial charge in [-0.3, -0.25) is 10.5 Å². The van der Waals surface area contributed by atoms with Gasteiger partial charge in [-0.2, -0.15) is 5.10 Å². The molecule has 0 spiro atoms. The van der Waals surface area contributed by atoms with Crippen molar-refractivity contribution in [1.29, 1.82) is 0 Å². The van der Waals surface area contributed by atoms with E-state index in [0.717, 1.165) is 17.0 Å². The quantitative estimate of drug-likeness (QED) is 0.640. The van der Waals surface area contributed by atoms with Crippen LogP contribution in [0.2, 0.25) is 0 Å². The van der Waals surface area contributed by atoms with E-state index in [1.54, 1.807) is 0 Å². The van der Waals surface area contributed by atoms with Gasteiger partial charge in [0, 0.05) is 18.3 Å². The number of rotatable bonds is 3. The first-order chi connectivity index (χ1) is 8.56. The molecule has 96 valence electrons. The molecule has 18 heavy (non-hydrogen) atoms. The highest BCUT2D eigenvalue weighted by molar-refractivity contribution is 5.40. The number of nitrogens with two attached hydrogens (primary N) is 1. The summed E-state index contributed by atoms with van der Waals surface area (Å²) < 4.78 is 1.90. The molecule has 4 nitrogen and oxygen atoms in total. The number of nitrogens with zero attached hydrogens (tertiary/aromatic N) is 2. The van der Waals surface area contributed by atoms with Crippen LogP contribution in [0.15, 0.2) is 24.3 Å². The van der Waals surface area contributed by atoms with Crippen LogP contribution in [0.3, 0.4) is 0 Å². The first-order valence-corrected chi connectivity index (χ1v) is 6.08. The minimum absolute atomic E-state index is 0.0140. The number of aryl methyl sites for hydroxylation is 3. The smallest absolute Gasteiger partial charge is 0.0748 e. The van der Waals surface area contributed by atoms with Gasteiger partial charge in [0.2, 0.25) is 0 Å². The highest BCUT2D eigenvalue weighted by Crippen LogP contribution is 2.28. The SMILES string of the molecule is Cc1ccccc1C(NN)c1c(C)nn(C)c1C. The van der Waals surface area contributed by atoms with Gasteiger partial charge >= 0.3 is 0 Å². The number of aromatic nitrogens is 2. The van der Waals surface area contributed by atoms with Gasteiger partial charge in [0.05, 0.1) is 11.7 Å². The monoisotopic (exact) mass is 244 g/mol. The summed E-state index contributed by atoms with van der Waals surface area (Å²) in [5.74, 6) is 5.77. The maximum absolute atomic E-state index is 5.77. The molecule has 0 aliphatic heterocycles. The first kappa shape index (κ1) is 12.8. The zero-order valence-corrected chi connectivity index (χ0v) is 11.4. The van der Waals surface area contributed by atoms with Gasteiger partial charge in [-0.05, 0) is 31.9 Å². The van der Waals surface area contributed by atoms with Crippen molar-refractivity contribution in [2.75, 3.05) is 0 Å². The van der Waals surface area contributed by atoms with Crippen molar-refractivity contribution in [3.63, 3.8) is 0 Å². The molecule has 0 bridgehead atoms. The van der Waals surface area contributed by atoms with Crippen molar-refractivity contribution in [2.24, 2.45) is 12.9 Å². The third kappa shape index (κ3) is 2.05. The summed E-state index contributed by atoms with van der Waals surface area (Å²) in [5, 5.41) is 4.46. The van der Waals surface area contributed by atoms with Crippen molar-refractivity contribution in [3.05, 3.63) is 52.3 Å². The molecule has 0 fully saturated rings. The van der Waals surface area contributed by atoms with E-state index in [-0.39, 0.29) is 6.04 Å². The normalized spacial score (nSPS) is 12.7. The molecule has 4 heteroatoms. The zero-order chi connectivity index (χ0) is 13.3. The van der Waals surface area contributed by atoms with Gasteiger partial charge in [0.1, 0.15) is 0 Å². The molecule has 0 aliphatic rings. The number of benzene rings is 1. The molecular weight excluding hydrogens is 224 g/mol. The predicted molar refractivity (Wildman–Crippen MR) is 73.0 cm³/mol. The van der Waals surface area contributed by atoms with Crippen molar-refractivity contribution in [3.8, 4) is 0 Å². The number of nitrogens with one attached hydrogen (secondary N) is 1. The van der Waals surface area contributed by atoms with Crippen LogP contribution in [-0.2, 0) is 7.05 Å². The van der Waals surface area contributed by atoms with Gasteiger partial charge < -0.3 is 0 Å². The summed E-state index contributed by atoms with van der Waals surface area (Å²) in [6.45, 7) is 6.18. The summed E-state index contributed by atoms with van der Waals surface area (Å²) >= 11 is 0. The lowest BCUT2D eigenvalue weighted by Gasteiger charge is -2.19. The Morgan fingerprint density at radius 3 is 2.39 bits per heavy atom. The maximum Gasteiger partial charge on any atom is 0.0748 e. The van der Waals surface area contributed by atoms with Crippen LogP contribution in [0.25, 0.3) is 0 Å². The summed E-state index contributed by atoms with van der Waals surface area (Å²) in [6, 6.07) is 8.26. The second kappa shape index (κ2) is 4.92. The van der Waals surface area contributed by atoms with Crippen LogP contribution in [-0.4, -0.2) is 9.78 Å². The summed E-state index contributed by atoms with van der Waals surface area (Å²) in [7, 11) is 1.96. The molecule has 1 heterocycles. The lowest BCUT2D eigenvalue weighted by Crippen LogP contribution is -2.30. The molecule has 2 aromatic rings. The van der Waals surface area contributed by atoms with Crippen molar-refractivity contribution >= 4 is 0 Å². The standard InChI is InChI=1S/C14H20N4/c1-9-7-5-6-8-12(9)14(16-15)13-10(2)17-18(4)11(13)3/h5-8,14,16H,15H2,1-4H3. The lowest BCUT2D eigenvalue weighted by atomic mass is 9.94. The Morgan fingerprint density at radius 2 is 1.89 bits per heavy atom. The Balaban J connectivity index is 2.56. The van der Waals surface area contributed by atoms with Gasteiger partial charge in [-0.15, -0.1) is 0 Å².